The summed E-state index contributed by atoms with van der Waals surface area (Å²) in [5.74, 6) is 1.35. The van der Waals surface area contributed by atoms with Gasteiger partial charge < -0.3 is 10.6 Å². The summed E-state index contributed by atoms with van der Waals surface area (Å²) < 4.78 is 0. The molecule has 2 aromatic rings. The van der Waals surface area contributed by atoms with Gasteiger partial charge in [-0.1, -0.05) is 30.9 Å². The van der Waals surface area contributed by atoms with E-state index in [4.69, 9.17) is 22.4 Å². The van der Waals surface area contributed by atoms with Crippen molar-refractivity contribution in [3.63, 3.8) is 0 Å². The first-order chi connectivity index (χ1) is 13.5. The molecule has 0 atom stereocenters. The van der Waals surface area contributed by atoms with Crippen LogP contribution in [0.4, 0.5) is 17.2 Å². The van der Waals surface area contributed by atoms with E-state index in [2.05, 4.69) is 34.8 Å². The van der Waals surface area contributed by atoms with Crippen LogP contribution in [0.5, 0.6) is 0 Å². The number of anilines is 3. The normalized spacial score (nSPS) is 18.1. The van der Waals surface area contributed by atoms with E-state index in [1.54, 1.807) is 6.20 Å². The van der Waals surface area contributed by atoms with Crippen LogP contribution in [0.3, 0.4) is 0 Å². The lowest BCUT2D eigenvalue weighted by Crippen LogP contribution is -2.36. The van der Waals surface area contributed by atoms with E-state index in [1.807, 2.05) is 24.3 Å². The zero-order valence-electron chi connectivity index (χ0n) is 16.6. The van der Waals surface area contributed by atoms with Gasteiger partial charge in [-0.2, -0.15) is 5.10 Å². The molecule has 2 N–H and O–H groups in total. The number of hydrazone groups is 1. The number of rotatable bonds is 3. The summed E-state index contributed by atoms with van der Waals surface area (Å²) in [6, 6.07) is 10.3. The Morgan fingerprint density at radius 3 is 2.57 bits per heavy atom. The molecule has 6 heteroatoms. The highest BCUT2D eigenvalue weighted by atomic mass is 35.5. The monoisotopic (exact) mass is 397 g/mol. The number of halogens is 1. The van der Waals surface area contributed by atoms with Crippen LogP contribution < -0.4 is 10.6 Å². The van der Waals surface area contributed by atoms with Crippen LogP contribution in [0, 0.1) is 5.92 Å². The van der Waals surface area contributed by atoms with Gasteiger partial charge in [-0.15, -0.1) is 0 Å². The fraction of sp³-hybridized carbons (Fsp3) is 0.455. The maximum Gasteiger partial charge on any atom is 0.134 e. The van der Waals surface area contributed by atoms with Crippen LogP contribution in [0.25, 0.3) is 0 Å². The number of aromatic nitrogens is 1. The quantitative estimate of drug-likeness (QED) is 0.751. The molecular weight excluding hydrogens is 370 g/mol. The molecule has 2 aliphatic rings. The maximum absolute atomic E-state index is 6.42. The topological polar surface area (TPSA) is 57.8 Å². The van der Waals surface area contributed by atoms with Crippen molar-refractivity contribution >= 4 is 34.5 Å². The van der Waals surface area contributed by atoms with Crippen LogP contribution in [0.1, 0.15) is 51.5 Å². The number of pyridine rings is 1. The first-order valence-electron chi connectivity index (χ1n) is 10.2. The summed E-state index contributed by atoms with van der Waals surface area (Å²) >= 11 is 6.42. The van der Waals surface area contributed by atoms with Crippen LogP contribution in [-0.2, 0) is 0 Å². The van der Waals surface area contributed by atoms with Crippen molar-refractivity contribution in [3.8, 4) is 0 Å². The van der Waals surface area contributed by atoms with Gasteiger partial charge >= 0.3 is 0 Å². The van der Waals surface area contributed by atoms with Gasteiger partial charge in [0.2, 0.25) is 0 Å². The number of hydrogen-bond donors (Lipinski definition) is 1. The molecule has 4 rings (SSSR count). The molecule has 2 heterocycles. The van der Waals surface area contributed by atoms with Crippen LogP contribution >= 0.6 is 11.6 Å². The van der Waals surface area contributed by atoms with E-state index in [-0.39, 0.29) is 6.04 Å². The zero-order valence-corrected chi connectivity index (χ0v) is 17.4. The molecule has 1 fully saturated rings. The smallest absolute Gasteiger partial charge is 0.134 e. The summed E-state index contributed by atoms with van der Waals surface area (Å²) in [5.41, 5.74) is 9.95. The number of nitrogen functional groups attached to an aromatic ring is 1. The molecule has 0 unspecified atom stereocenters. The van der Waals surface area contributed by atoms with Gasteiger partial charge in [-0.25, -0.2) is 4.98 Å². The summed E-state index contributed by atoms with van der Waals surface area (Å²) in [5, 5.41) is 8.06. The van der Waals surface area contributed by atoms with E-state index in [0.717, 1.165) is 22.1 Å². The van der Waals surface area contributed by atoms with Gasteiger partial charge in [0.25, 0.3) is 0 Å². The second kappa shape index (κ2) is 8.00. The number of nitrogens with zero attached hydrogens (tertiary/aromatic N) is 4. The summed E-state index contributed by atoms with van der Waals surface area (Å²) in [6.45, 7) is 4.98. The predicted octanol–water partition coefficient (Wildman–Crippen LogP) is 5.42. The van der Waals surface area contributed by atoms with Crippen molar-refractivity contribution in [1.82, 2.24) is 9.99 Å². The summed E-state index contributed by atoms with van der Waals surface area (Å²) in [4.78, 5) is 6.78. The van der Waals surface area contributed by atoms with Gasteiger partial charge in [0.05, 0.1) is 23.3 Å². The van der Waals surface area contributed by atoms with Crippen molar-refractivity contribution in [1.29, 1.82) is 0 Å². The van der Waals surface area contributed by atoms with Crippen LogP contribution in [-0.4, -0.2) is 28.4 Å². The second-order valence-corrected chi connectivity index (χ2v) is 8.47. The molecule has 0 radical (unpaired) electrons. The van der Waals surface area contributed by atoms with Crippen molar-refractivity contribution in [2.45, 2.75) is 52.0 Å². The van der Waals surface area contributed by atoms with Crippen LogP contribution in [0.2, 0.25) is 5.02 Å². The highest BCUT2D eigenvalue weighted by Gasteiger charge is 2.30. The third-order valence-corrected chi connectivity index (χ3v) is 5.92. The van der Waals surface area contributed by atoms with Gasteiger partial charge in [0.1, 0.15) is 12.5 Å². The average Bonchev–Trinajstić information content (AvgIpc) is 2.86. The Bertz CT molecular complexity index is 856. The molecule has 1 aromatic carbocycles. The minimum absolute atomic E-state index is 0.277. The van der Waals surface area contributed by atoms with E-state index < -0.39 is 0 Å². The molecule has 28 heavy (non-hydrogen) atoms. The molecule has 0 spiro atoms. The standard InChI is InChI=1S/C22H28ClN5/c1-15(2)28-14-27(21-11-9-18(24)13-25-21)20-12-17(23)8-10-19(20)22(26-28)16-6-4-3-5-7-16/h8-13,15-16H,3-7,14,24H2,1-2H3. The second-order valence-electron chi connectivity index (χ2n) is 8.03. The van der Waals surface area contributed by atoms with Crippen molar-refractivity contribution < 1.29 is 0 Å². The van der Waals surface area contributed by atoms with Crippen molar-refractivity contribution in [3.05, 3.63) is 47.1 Å². The molecule has 1 aliphatic carbocycles. The largest absolute Gasteiger partial charge is 0.397 e. The minimum atomic E-state index is 0.277. The molecule has 1 saturated carbocycles. The summed E-state index contributed by atoms with van der Waals surface area (Å²) in [6.07, 6.45) is 7.98. The highest BCUT2D eigenvalue weighted by Crippen LogP contribution is 2.37. The van der Waals surface area contributed by atoms with Crippen molar-refractivity contribution in [2.24, 2.45) is 11.0 Å². The van der Waals surface area contributed by atoms with Gasteiger partial charge in [-0.05, 0) is 57.0 Å². The fourth-order valence-corrected chi connectivity index (χ4v) is 4.27. The Morgan fingerprint density at radius 1 is 1.11 bits per heavy atom. The van der Waals surface area contributed by atoms with Gasteiger partial charge in [-0.3, -0.25) is 5.01 Å². The third kappa shape index (κ3) is 3.81. The first-order valence-corrected chi connectivity index (χ1v) is 10.5. The SMILES string of the molecule is CC(C)N1CN(c2ccc(N)cn2)c2cc(Cl)ccc2C(C2CCCCC2)=N1. The molecule has 0 saturated heterocycles. The number of hydrogen-bond acceptors (Lipinski definition) is 5. The third-order valence-electron chi connectivity index (χ3n) is 5.68. The number of fused-ring (bicyclic) bond motifs is 1. The Labute approximate surface area is 172 Å². The Balaban J connectivity index is 1.85. The molecule has 148 valence electrons. The number of nitrogens with two attached hydrogens (primary N) is 1. The molecule has 1 aliphatic heterocycles. The van der Waals surface area contributed by atoms with Gasteiger partial charge in [0.15, 0.2) is 0 Å². The lowest BCUT2D eigenvalue weighted by molar-refractivity contribution is 0.237. The number of benzene rings is 1. The molecule has 1 aromatic heterocycles. The first kappa shape index (κ1) is 19.1. The van der Waals surface area contributed by atoms with Crippen molar-refractivity contribution in [2.75, 3.05) is 17.3 Å². The van der Waals surface area contributed by atoms with E-state index in [9.17, 15) is 0 Å². The minimum Gasteiger partial charge on any atom is -0.397 e. The summed E-state index contributed by atoms with van der Waals surface area (Å²) in [7, 11) is 0. The lowest BCUT2D eigenvalue weighted by Gasteiger charge is -2.30. The maximum atomic E-state index is 6.42. The predicted molar refractivity (Wildman–Crippen MR) is 117 cm³/mol. The lowest BCUT2D eigenvalue weighted by atomic mass is 9.83. The van der Waals surface area contributed by atoms with E-state index >= 15 is 0 Å². The molecule has 0 amide bonds. The molecular formula is C22H28ClN5. The Morgan fingerprint density at radius 2 is 1.89 bits per heavy atom. The van der Waals surface area contributed by atoms with Gasteiger partial charge in [0, 0.05) is 22.5 Å². The van der Waals surface area contributed by atoms with E-state index in [1.165, 1.54) is 37.8 Å². The van der Waals surface area contributed by atoms with Crippen LogP contribution in [0.15, 0.2) is 41.6 Å². The zero-order chi connectivity index (χ0) is 19.7. The van der Waals surface area contributed by atoms with E-state index in [0.29, 0.717) is 18.3 Å². The molecule has 5 nitrogen and oxygen atoms in total. The fourth-order valence-electron chi connectivity index (χ4n) is 4.10. The molecule has 0 bridgehead atoms. The Kier molecular flexibility index (Phi) is 5.44. The average molecular weight is 398 g/mol. The highest BCUT2D eigenvalue weighted by molar-refractivity contribution is 6.31. The Hall–Kier alpha value is -2.27.